The van der Waals surface area contributed by atoms with Gasteiger partial charge in [-0.3, -0.25) is 9.59 Å². The molecule has 0 aliphatic carbocycles. The van der Waals surface area contributed by atoms with Crippen LogP contribution in [0.4, 0.5) is 20.2 Å². The van der Waals surface area contributed by atoms with Crippen molar-refractivity contribution in [1.82, 2.24) is 0 Å². The molecule has 4 nitrogen and oxygen atoms in total. The van der Waals surface area contributed by atoms with Gasteiger partial charge in [0.1, 0.15) is 11.6 Å². The van der Waals surface area contributed by atoms with E-state index in [4.69, 9.17) is 0 Å². The second kappa shape index (κ2) is 6.13. The lowest BCUT2D eigenvalue weighted by atomic mass is 10.2. The van der Waals surface area contributed by atoms with Crippen LogP contribution in [0.5, 0.6) is 0 Å². The van der Waals surface area contributed by atoms with Crippen molar-refractivity contribution in [3.8, 4) is 0 Å². The molecule has 1 N–H and O–H groups in total. The van der Waals surface area contributed by atoms with E-state index in [1.54, 1.807) is 30.3 Å². The Balaban J connectivity index is 2.11. The van der Waals surface area contributed by atoms with Crippen molar-refractivity contribution < 1.29 is 18.4 Å². The zero-order valence-electron chi connectivity index (χ0n) is 11.1. The van der Waals surface area contributed by atoms with Crippen LogP contribution in [0.3, 0.4) is 0 Å². The molecule has 6 heteroatoms. The minimum atomic E-state index is -1.01. The van der Waals surface area contributed by atoms with Crippen LogP contribution >= 0.6 is 0 Å². The minimum absolute atomic E-state index is 0.254. The van der Waals surface area contributed by atoms with Gasteiger partial charge in [-0.1, -0.05) is 18.2 Å². The molecular formula is C15H12F2N2O2. The Hall–Kier alpha value is -2.76. The summed E-state index contributed by atoms with van der Waals surface area (Å²) in [7, 11) is 1.43. The number of para-hydroxylation sites is 1. The summed E-state index contributed by atoms with van der Waals surface area (Å²) in [5, 5.41) is 2.12. The Labute approximate surface area is 120 Å². The maximum Gasteiger partial charge on any atom is 0.316 e. The van der Waals surface area contributed by atoms with Crippen LogP contribution in [0, 0.1) is 11.6 Å². The normalized spacial score (nSPS) is 10.0. The number of halogens is 2. The fraction of sp³-hybridized carbons (Fsp3) is 0.0667. The summed E-state index contributed by atoms with van der Waals surface area (Å²) in [6.07, 6.45) is 0. The monoisotopic (exact) mass is 290 g/mol. The number of likely N-dealkylation sites (N-methyl/N-ethyl adjacent to an activating group) is 1. The first-order valence-corrected chi connectivity index (χ1v) is 6.08. The number of nitrogens with zero attached hydrogens (tertiary/aromatic N) is 1. The summed E-state index contributed by atoms with van der Waals surface area (Å²) in [4.78, 5) is 24.9. The van der Waals surface area contributed by atoms with E-state index in [1.165, 1.54) is 7.05 Å². The van der Waals surface area contributed by atoms with Gasteiger partial charge in [-0.15, -0.1) is 0 Å². The van der Waals surface area contributed by atoms with Gasteiger partial charge in [0.25, 0.3) is 0 Å². The molecule has 0 saturated heterocycles. The van der Waals surface area contributed by atoms with Crippen LogP contribution in [-0.2, 0) is 9.59 Å². The third-order valence-corrected chi connectivity index (χ3v) is 2.82. The lowest BCUT2D eigenvalue weighted by Crippen LogP contribution is -2.37. The molecule has 2 aromatic carbocycles. The van der Waals surface area contributed by atoms with Gasteiger partial charge in [0.15, 0.2) is 0 Å². The number of benzene rings is 2. The molecule has 0 saturated carbocycles. The number of carbonyl (C=O) groups excluding carboxylic acids is 2. The van der Waals surface area contributed by atoms with Crippen LogP contribution < -0.4 is 10.2 Å². The Kier molecular flexibility index (Phi) is 4.27. The summed E-state index contributed by atoms with van der Waals surface area (Å²) in [5.41, 5.74) is 0.272. The molecule has 0 unspecified atom stereocenters. The molecule has 108 valence electrons. The zero-order valence-corrected chi connectivity index (χ0v) is 11.1. The van der Waals surface area contributed by atoms with E-state index in [2.05, 4.69) is 5.32 Å². The van der Waals surface area contributed by atoms with E-state index in [0.717, 1.165) is 17.0 Å². The maximum absolute atomic E-state index is 13.4. The highest BCUT2D eigenvalue weighted by Gasteiger charge is 2.21. The minimum Gasteiger partial charge on any atom is -0.315 e. The van der Waals surface area contributed by atoms with Crippen molar-refractivity contribution in [2.45, 2.75) is 0 Å². The van der Waals surface area contributed by atoms with Gasteiger partial charge in [-0.05, 0) is 24.3 Å². The predicted octanol–water partition coefficient (Wildman–Crippen LogP) is 2.57. The molecular weight excluding hydrogens is 278 g/mol. The molecule has 0 aliphatic rings. The van der Waals surface area contributed by atoms with Gasteiger partial charge < -0.3 is 10.2 Å². The number of rotatable bonds is 2. The zero-order chi connectivity index (χ0) is 15.4. The van der Waals surface area contributed by atoms with Crippen molar-refractivity contribution in [3.63, 3.8) is 0 Å². The molecule has 0 bridgehead atoms. The molecule has 0 atom stereocenters. The summed E-state index contributed by atoms with van der Waals surface area (Å²) < 4.78 is 26.2. The van der Waals surface area contributed by atoms with Crippen LogP contribution in [0.1, 0.15) is 0 Å². The highest BCUT2D eigenvalue weighted by molar-refractivity contribution is 6.44. The second-order valence-electron chi connectivity index (χ2n) is 4.28. The molecule has 2 rings (SSSR count). The van der Waals surface area contributed by atoms with Gasteiger partial charge in [0.2, 0.25) is 0 Å². The van der Waals surface area contributed by atoms with Crippen molar-refractivity contribution in [2.75, 3.05) is 17.3 Å². The predicted molar refractivity (Wildman–Crippen MR) is 74.8 cm³/mol. The molecule has 0 spiro atoms. The summed E-state index contributed by atoms with van der Waals surface area (Å²) in [6.45, 7) is 0. The highest BCUT2D eigenvalue weighted by atomic mass is 19.1. The number of amides is 2. The van der Waals surface area contributed by atoms with Crippen molar-refractivity contribution in [1.29, 1.82) is 0 Å². The van der Waals surface area contributed by atoms with Crippen molar-refractivity contribution >= 4 is 23.2 Å². The van der Waals surface area contributed by atoms with E-state index in [0.29, 0.717) is 11.8 Å². The first kappa shape index (κ1) is 14.6. The van der Waals surface area contributed by atoms with Crippen molar-refractivity contribution in [3.05, 3.63) is 60.2 Å². The number of anilines is 2. The number of nitrogens with one attached hydrogen (secondary N) is 1. The molecule has 2 amide bonds. The Morgan fingerprint density at radius 3 is 2.33 bits per heavy atom. The van der Waals surface area contributed by atoms with E-state index >= 15 is 0 Å². The van der Waals surface area contributed by atoms with Gasteiger partial charge in [0, 0.05) is 18.8 Å². The van der Waals surface area contributed by atoms with E-state index in [9.17, 15) is 18.4 Å². The van der Waals surface area contributed by atoms with Crippen molar-refractivity contribution in [2.24, 2.45) is 0 Å². The number of carbonyl (C=O) groups is 2. The first-order valence-electron chi connectivity index (χ1n) is 6.08. The van der Waals surface area contributed by atoms with Crippen LogP contribution in [0.15, 0.2) is 48.5 Å². The molecule has 0 aliphatic heterocycles. The topological polar surface area (TPSA) is 49.4 Å². The van der Waals surface area contributed by atoms with Crippen LogP contribution in [0.25, 0.3) is 0 Å². The highest BCUT2D eigenvalue weighted by Crippen LogP contribution is 2.16. The average molecular weight is 290 g/mol. The molecule has 0 heterocycles. The van der Waals surface area contributed by atoms with Gasteiger partial charge >= 0.3 is 11.8 Å². The molecule has 0 fully saturated rings. The average Bonchev–Trinajstić information content (AvgIpc) is 2.49. The Bertz CT molecular complexity index is 675. The smallest absolute Gasteiger partial charge is 0.315 e. The number of hydrogen-bond donors (Lipinski definition) is 1. The van der Waals surface area contributed by atoms with E-state index in [-0.39, 0.29) is 5.69 Å². The van der Waals surface area contributed by atoms with E-state index < -0.39 is 23.4 Å². The van der Waals surface area contributed by atoms with E-state index in [1.807, 2.05) is 0 Å². The standard InChI is InChI=1S/C15H12F2N2O2/c1-19(11-5-3-2-4-6-11)15(21)14(20)18-13-8-7-10(16)9-12(13)17/h2-9H,1H3,(H,18,20). The first-order chi connectivity index (χ1) is 9.99. The third-order valence-electron chi connectivity index (χ3n) is 2.82. The fourth-order valence-electron chi connectivity index (χ4n) is 1.69. The molecule has 21 heavy (non-hydrogen) atoms. The maximum atomic E-state index is 13.4. The lowest BCUT2D eigenvalue weighted by molar-refractivity contribution is -0.134. The largest absolute Gasteiger partial charge is 0.316 e. The van der Waals surface area contributed by atoms with Gasteiger partial charge in [-0.25, -0.2) is 8.78 Å². The Morgan fingerprint density at radius 2 is 1.71 bits per heavy atom. The second-order valence-corrected chi connectivity index (χ2v) is 4.28. The fourth-order valence-corrected chi connectivity index (χ4v) is 1.69. The van der Waals surface area contributed by atoms with Crippen LogP contribution in [-0.4, -0.2) is 18.9 Å². The third kappa shape index (κ3) is 3.42. The Morgan fingerprint density at radius 1 is 1.05 bits per heavy atom. The van der Waals surface area contributed by atoms with Gasteiger partial charge in [0.05, 0.1) is 5.69 Å². The lowest BCUT2D eigenvalue weighted by Gasteiger charge is -2.16. The SMILES string of the molecule is CN(C(=O)C(=O)Nc1ccc(F)cc1F)c1ccccc1. The summed E-state index contributed by atoms with van der Waals surface area (Å²) in [5.74, 6) is -3.58. The summed E-state index contributed by atoms with van der Waals surface area (Å²) in [6, 6.07) is 11.2. The molecule has 0 radical (unpaired) electrons. The molecule has 2 aromatic rings. The van der Waals surface area contributed by atoms with Crippen LogP contribution in [0.2, 0.25) is 0 Å². The number of hydrogen-bond acceptors (Lipinski definition) is 2. The van der Waals surface area contributed by atoms with Gasteiger partial charge in [-0.2, -0.15) is 0 Å². The quantitative estimate of drug-likeness (QED) is 0.864. The summed E-state index contributed by atoms with van der Waals surface area (Å²) >= 11 is 0. The molecule has 0 aromatic heterocycles.